The van der Waals surface area contributed by atoms with Crippen molar-refractivity contribution in [2.24, 2.45) is 22.7 Å². The summed E-state index contributed by atoms with van der Waals surface area (Å²) in [5, 5.41) is 3.50. The van der Waals surface area contributed by atoms with Gasteiger partial charge in [0.1, 0.15) is 0 Å². The van der Waals surface area contributed by atoms with Crippen LogP contribution in [-0.4, -0.2) is 68.0 Å². The quantitative estimate of drug-likeness (QED) is 0.865. The van der Waals surface area contributed by atoms with Crippen LogP contribution in [0.3, 0.4) is 0 Å². The lowest BCUT2D eigenvalue weighted by molar-refractivity contribution is 0.222. The normalized spacial score (nSPS) is 34.1. The fourth-order valence-electron chi connectivity index (χ4n) is 5.26. The highest BCUT2D eigenvalue weighted by Crippen LogP contribution is 2.34. The minimum absolute atomic E-state index is 0.898. The van der Waals surface area contributed by atoms with E-state index in [0.717, 1.165) is 24.3 Å². The first-order valence-electron chi connectivity index (χ1n) is 10.1. The molecule has 3 fully saturated rings. The van der Waals surface area contributed by atoms with Gasteiger partial charge >= 0.3 is 0 Å². The van der Waals surface area contributed by atoms with Crippen LogP contribution in [0.15, 0.2) is 4.99 Å². The second-order valence-corrected chi connectivity index (χ2v) is 8.25. The molecule has 0 radical (unpaired) electrons. The summed E-state index contributed by atoms with van der Waals surface area (Å²) in [6.45, 7) is 10.1. The summed E-state index contributed by atoms with van der Waals surface area (Å²) in [5.41, 5.74) is 0. The molecule has 4 rings (SSSR count). The van der Waals surface area contributed by atoms with Crippen molar-refractivity contribution in [2.45, 2.75) is 44.9 Å². The summed E-state index contributed by atoms with van der Waals surface area (Å²) >= 11 is 0. The predicted molar refractivity (Wildman–Crippen MR) is 96.0 cm³/mol. The lowest BCUT2D eigenvalue weighted by Crippen LogP contribution is -2.36. The van der Waals surface area contributed by atoms with Gasteiger partial charge in [-0.05, 0) is 75.9 Å². The van der Waals surface area contributed by atoms with E-state index in [1.165, 1.54) is 96.6 Å². The molecular weight excluding hydrogens is 284 g/mol. The van der Waals surface area contributed by atoms with Gasteiger partial charge in [0.05, 0.1) is 5.84 Å². The second kappa shape index (κ2) is 7.52. The number of nitrogens with one attached hydrogen (secondary N) is 1. The van der Waals surface area contributed by atoms with Gasteiger partial charge in [0.15, 0.2) is 0 Å². The molecule has 0 bridgehead atoms. The van der Waals surface area contributed by atoms with Crippen LogP contribution in [0.1, 0.15) is 44.9 Å². The summed E-state index contributed by atoms with van der Waals surface area (Å²) in [6, 6.07) is 0. The number of hydrogen-bond donors (Lipinski definition) is 1. The minimum Gasteiger partial charge on any atom is -0.360 e. The zero-order chi connectivity index (χ0) is 15.5. The predicted octanol–water partition coefficient (Wildman–Crippen LogP) is 2.21. The van der Waals surface area contributed by atoms with Crippen molar-refractivity contribution in [2.75, 3.05) is 52.4 Å². The Balaban J connectivity index is 1.31. The third-order valence-electron chi connectivity index (χ3n) is 6.64. The molecule has 4 aliphatic heterocycles. The van der Waals surface area contributed by atoms with Crippen molar-refractivity contribution >= 4 is 5.84 Å². The number of likely N-dealkylation sites (tertiary alicyclic amines) is 1. The number of amidine groups is 1. The first kappa shape index (κ1) is 15.9. The van der Waals surface area contributed by atoms with Gasteiger partial charge < -0.3 is 15.1 Å². The zero-order valence-corrected chi connectivity index (χ0v) is 14.7. The molecule has 130 valence electrons. The molecule has 0 aromatic heterocycles. The Bertz CT molecular complexity index is 416. The van der Waals surface area contributed by atoms with Crippen molar-refractivity contribution in [3.63, 3.8) is 0 Å². The summed E-state index contributed by atoms with van der Waals surface area (Å²) in [5.74, 6) is 4.23. The highest BCUT2D eigenvalue weighted by atomic mass is 15.2. The van der Waals surface area contributed by atoms with Gasteiger partial charge in [-0.1, -0.05) is 0 Å². The van der Waals surface area contributed by atoms with Crippen LogP contribution in [0.2, 0.25) is 0 Å². The van der Waals surface area contributed by atoms with Crippen LogP contribution in [0.4, 0.5) is 0 Å². The molecule has 1 N–H and O–H groups in total. The first-order chi connectivity index (χ1) is 11.4. The maximum atomic E-state index is 4.87. The van der Waals surface area contributed by atoms with Gasteiger partial charge in [0.25, 0.3) is 0 Å². The van der Waals surface area contributed by atoms with E-state index in [4.69, 9.17) is 4.99 Å². The van der Waals surface area contributed by atoms with Crippen molar-refractivity contribution in [3.8, 4) is 0 Å². The Labute approximate surface area is 141 Å². The topological polar surface area (TPSA) is 30.9 Å². The van der Waals surface area contributed by atoms with E-state index in [1.807, 2.05) is 0 Å². The van der Waals surface area contributed by atoms with E-state index in [1.54, 1.807) is 0 Å². The van der Waals surface area contributed by atoms with Crippen LogP contribution in [0.5, 0.6) is 0 Å². The molecule has 4 heteroatoms. The molecule has 0 spiro atoms. The number of nitrogens with zero attached hydrogens (tertiary/aromatic N) is 3. The summed E-state index contributed by atoms with van der Waals surface area (Å²) in [7, 11) is 0. The van der Waals surface area contributed by atoms with Crippen LogP contribution >= 0.6 is 0 Å². The van der Waals surface area contributed by atoms with E-state index >= 15 is 0 Å². The van der Waals surface area contributed by atoms with Crippen molar-refractivity contribution < 1.29 is 0 Å². The number of rotatable bonds is 3. The number of fused-ring (bicyclic) bond motifs is 1. The van der Waals surface area contributed by atoms with E-state index < -0.39 is 0 Å². The van der Waals surface area contributed by atoms with Crippen molar-refractivity contribution in [1.29, 1.82) is 0 Å². The van der Waals surface area contributed by atoms with Gasteiger partial charge in [0, 0.05) is 39.1 Å². The van der Waals surface area contributed by atoms with E-state index in [0.29, 0.717) is 0 Å². The molecule has 0 aromatic rings. The minimum atomic E-state index is 0.898. The summed E-state index contributed by atoms with van der Waals surface area (Å²) in [6.07, 6.45) is 9.55. The Morgan fingerprint density at radius 3 is 2.74 bits per heavy atom. The molecule has 4 nitrogen and oxygen atoms in total. The molecule has 2 unspecified atom stereocenters. The molecular formula is C19H34N4. The zero-order valence-electron chi connectivity index (χ0n) is 14.7. The van der Waals surface area contributed by atoms with Gasteiger partial charge in [0.2, 0.25) is 0 Å². The maximum Gasteiger partial charge on any atom is 0.0991 e. The summed E-state index contributed by atoms with van der Waals surface area (Å²) < 4.78 is 0. The highest BCUT2D eigenvalue weighted by Gasteiger charge is 2.33. The Kier molecular flexibility index (Phi) is 5.20. The standard InChI is InChI=1S/C19H34N4/c1-3-17(13-19-21-7-2-11-23(19)10-1)18-6-12-22(15-18)14-16-4-8-20-9-5-16/h16-18,20H,1-15H2. The van der Waals surface area contributed by atoms with E-state index in [-0.39, 0.29) is 0 Å². The van der Waals surface area contributed by atoms with Gasteiger partial charge in [-0.3, -0.25) is 4.99 Å². The largest absolute Gasteiger partial charge is 0.360 e. The molecule has 0 amide bonds. The maximum absolute atomic E-state index is 4.87. The fourth-order valence-corrected chi connectivity index (χ4v) is 5.26. The lowest BCUT2D eigenvalue weighted by atomic mass is 9.85. The summed E-state index contributed by atoms with van der Waals surface area (Å²) in [4.78, 5) is 10.2. The van der Waals surface area contributed by atoms with Crippen LogP contribution in [-0.2, 0) is 0 Å². The smallest absolute Gasteiger partial charge is 0.0991 e. The molecule has 4 aliphatic rings. The first-order valence-corrected chi connectivity index (χ1v) is 10.1. The fraction of sp³-hybridized carbons (Fsp3) is 0.947. The van der Waals surface area contributed by atoms with Crippen molar-refractivity contribution in [1.82, 2.24) is 15.1 Å². The molecule has 0 aliphatic carbocycles. The van der Waals surface area contributed by atoms with Gasteiger partial charge in [-0.25, -0.2) is 0 Å². The Morgan fingerprint density at radius 2 is 1.83 bits per heavy atom. The Hall–Kier alpha value is -0.610. The number of piperidine rings is 1. The SMILES string of the molecule is C1CN=C2CC(C3CCN(CC4CCNCC4)C3)CCCN2C1. The number of hydrogen-bond acceptors (Lipinski definition) is 4. The molecule has 0 aromatic carbocycles. The van der Waals surface area contributed by atoms with Gasteiger partial charge in [-0.15, -0.1) is 0 Å². The third-order valence-corrected chi connectivity index (χ3v) is 6.64. The van der Waals surface area contributed by atoms with Crippen LogP contribution in [0.25, 0.3) is 0 Å². The monoisotopic (exact) mass is 318 g/mol. The lowest BCUT2D eigenvalue weighted by Gasteiger charge is -2.30. The second-order valence-electron chi connectivity index (χ2n) is 8.25. The molecule has 3 saturated heterocycles. The third kappa shape index (κ3) is 3.90. The molecule has 0 saturated carbocycles. The average molecular weight is 319 g/mol. The molecule has 23 heavy (non-hydrogen) atoms. The van der Waals surface area contributed by atoms with Crippen LogP contribution in [0, 0.1) is 17.8 Å². The van der Waals surface area contributed by atoms with E-state index in [2.05, 4.69) is 15.1 Å². The van der Waals surface area contributed by atoms with Crippen LogP contribution < -0.4 is 5.32 Å². The Morgan fingerprint density at radius 1 is 0.957 bits per heavy atom. The van der Waals surface area contributed by atoms with E-state index in [9.17, 15) is 0 Å². The van der Waals surface area contributed by atoms with Crippen molar-refractivity contribution in [3.05, 3.63) is 0 Å². The molecule has 2 atom stereocenters. The average Bonchev–Trinajstić information content (AvgIpc) is 2.93. The molecule has 4 heterocycles. The number of aliphatic imine (C=N–C) groups is 1. The highest BCUT2D eigenvalue weighted by molar-refractivity contribution is 5.83. The van der Waals surface area contributed by atoms with Gasteiger partial charge in [-0.2, -0.15) is 0 Å².